The predicted molar refractivity (Wildman–Crippen MR) is 104 cm³/mol. The number of hydrogen-bond donors (Lipinski definition) is 2. The molecule has 0 aromatic heterocycles. The molecule has 1 aromatic carbocycles. The Labute approximate surface area is 151 Å². The van der Waals surface area contributed by atoms with Gasteiger partial charge in [-0.05, 0) is 50.0 Å². The van der Waals surface area contributed by atoms with Crippen LogP contribution in [-0.2, 0) is 0 Å². The number of hydrogen-bond acceptors (Lipinski definition) is 3. The number of benzene rings is 1. The number of nitrogens with one attached hydrogen (secondary N) is 2. The van der Waals surface area contributed by atoms with Crippen LogP contribution in [0.25, 0.3) is 0 Å². The van der Waals surface area contributed by atoms with E-state index in [1.54, 1.807) is 0 Å². The van der Waals surface area contributed by atoms with Crippen molar-refractivity contribution in [3.05, 3.63) is 18.2 Å². The standard InChI is InChI=1S/C19H30N2O2S/c1-3-12-22-17-11-10-16(14-18(17)23-13-4-2)21-19(24)20-15-8-6-5-7-9-15/h10-11,14-15H,3-9,12-13H2,1-2H3,(H2,20,21,24). The van der Waals surface area contributed by atoms with Gasteiger partial charge in [-0.15, -0.1) is 0 Å². The SMILES string of the molecule is CCCOc1ccc(NC(=S)NC2CCCCC2)cc1OCCC. The van der Waals surface area contributed by atoms with Crippen LogP contribution in [0.15, 0.2) is 18.2 Å². The minimum Gasteiger partial charge on any atom is -0.490 e. The second-order valence-electron chi connectivity index (χ2n) is 6.29. The largest absolute Gasteiger partial charge is 0.490 e. The molecule has 134 valence electrons. The van der Waals surface area contributed by atoms with Gasteiger partial charge in [0.2, 0.25) is 0 Å². The van der Waals surface area contributed by atoms with Crippen molar-refractivity contribution in [1.82, 2.24) is 5.32 Å². The van der Waals surface area contributed by atoms with Crippen LogP contribution < -0.4 is 20.1 Å². The van der Waals surface area contributed by atoms with E-state index in [0.717, 1.165) is 30.0 Å². The van der Waals surface area contributed by atoms with Gasteiger partial charge >= 0.3 is 0 Å². The van der Waals surface area contributed by atoms with Gasteiger partial charge in [0.25, 0.3) is 0 Å². The zero-order chi connectivity index (χ0) is 17.2. The second kappa shape index (κ2) is 10.4. The molecular weight excluding hydrogens is 320 g/mol. The van der Waals surface area contributed by atoms with Gasteiger partial charge in [0.1, 0.15) is 0 Å². The van der Waals surface area contributed by atoms with E-state index in [0.29, 0.717) is 24.4 Å². The Morgan fingerprint density at radius 1 is 1.04 bits per heavy atom. The van der Waals surface area contributed by atoms with Gasteiger partial charge in [-0.3, -0.25) is 0 Å². The molecule has 0 radical (unpaired) electrons. The zero-order valence-electron chi connectivity index (χ0n) is 14.9. The summed E-state index contributed by atoms with van der Waals surface area (Å²) in [7, 11) is 0. The lowest BCUT2D eigenvalue weighted by molar-refractivity contribution is 0.268. The van der Waals surface area contributed by atoms with Crippen molar-refractivity contribution in [3.8, 4) is 11.5 Å². The lowest BCUT2D eigenvalue weighted by Crippen LogP contribution is -2.38. The first kappa shape index (κ1) is 18.8. The number of anilines is 1. The summed E-state index contributed by atoms with van der Waals surface area (Å²) in [4.78, 5) is 0. The Kier molecular flexibility index (Phi) is 8.16. The normalized spacial score (nSPS) is 14.9. The highest BCUT2D eigenvalue weighted by Gasteiger charge is 2.14. The van der Waals surface area contributed by atoms with Crippen molar-refractivity contribution < 1.29 is 9.47 Å². The molecule has 0 bridgehead atoms. The molecule has 2 N–H and O–H groups in total. The fourth-order valence-electron chi connectivity index (χ4n) is 2.84. The smallest absolute Gasteiger partial charge is 0.170 e. The molecule has 0 unspecified atom stereocenters. The Hall–Kier alpha value is -1.49. The average molecular weight is 351 g/mol. The van der Waals surface area contributed by atoms with Crippen LogP contribution in [-0.4, -0.2) is 24.4 Å². The highest BCUT2D eigenvalue weighted by molar-refractivity contribution is 7.80. The van der Waals surface area contributed by atoms with E-state index >= 15 is 0 Å². The fraction of sp³-hybridized carbons (Fsp3) is 0.632. The summed E-state index contributed by atoms with van der Waals surface area (Å²) in [5, 5.41) is 7.39. The van der Waals surface area contributed by atoms with Crippen LogP contribution in [0.4, 0.5) is 5.69 Å². The van der Waals surface area contributed by atoms with Crippen molar-refractivity contribution in [2.75, 3.05) is 18.5 Å². The van der Waals surface area contributed by atoms with E-state index in [1.807, 2.05) is 18.2 Å². The van der Waals surface area contributed by atoms with Crippen LogP contribution in [0.1, 0.15) is 58.8 Å². The third-order valence-corrected chi connectivity index (χ3v) is 4.29. The van der Waals surface area contributed by atoms with E-state index in [-0.39, 0.29) is 0 Å². The van der Waals surface area contributed by atoms with Gasteiger partial charge in [-0.1, -0.05) is 33.1 Å². The molecule has 1 saturated carbocycles. The van der Waals surface area contributed by atoms with Crippen molar-refractivity contribution in [3.63, 3.8) is 0 Å². The molecule has 2 rings (SSSR count). The molecule has 1 fully saturated rings. The molecule has 0 spiro atoms. The molecule has 5 heteroatoms. The van der Waals surface area contributed by atoms with Gasteiger partial charge < -0.3 is 20.1 Å². The molecular formula is C19H30N2O2S. The van der Waals surface area contributed by atoms with Crippen molar-refractivity contribution in [2.24, 2.45) is 0 Å². The minimum absolute atomic E-state index is 0.502. The number of rotatable bonds is 8. The summed E-state index contributed by atoms with van der Waals surface area (Å²) in [6.07, 6.45) is 8.27. The van der Waals surface area contributed by atoms with Gasteiger partial charge in [-0.2, -0.15) is 0 Å². The van der Waals surface area contributed by atoms with E-state index in [2.05, 4.69) is 24.5 Å². The molecule has 0 amide bonds. The van der Waals surface area contributed by atoms with E-state index in [4.69, 9.17) is 21.7 Å². The molecule has 24 heavy (non-hydrogen) atoms. The van der Waals surface area contributed by atoms with Crippen LogP contribution in [0, 0.1) is 0 Å². The molecule has 1 aliphatic carbocycles. The first-order valence-corrected chi connectivity index (χ1v) is 9.61. The lowest BCUT2D eigenvalue weighted by Gasteiger charge is -2.24. The molecule has 4 nitrogen and oxygen atoms in total. The number of ether oxygens (including phenoxy) is 2. The zero-order valence-corrected chi connectivity index (χ0v) is 15.7. The van der Waals surface area contributed by atoms with Crippen LogP contribution in [0.5, 0.6) is 11.5 Å². The number of thiocarbonyl (C=S) groups is 1. The maximum absolute atomic E-state index is 5.83. The van der Waals surface area contributed by atoms with Crippen LogP contribution in [0.2, 0.25) is 0 Å². The molecule has 0 atom stereocenters. The third kappa shape index (κ3) is 6.19. The van der Waals surface area contributed by atoms with Crippen LogP contribution >= 0.6 is 12.2 Å². The summed E-state index contributed by atoms with van der Waals surface area (Å²) in [5.74, 6) is 1.57. The summed E-state index contributed by atoms with van der Waals surface area (Å²) < 4.78 is 11.6. The molecule has 0 saturated heterocycles. The van der Waals surface area contributed by atoms with E-state index in [1.165, 1.54) is 32.1 Å². The molecule has 0 aliphatic heterocycles. The van der Waals surface area contributed by atoms with Crippen molar-refractivity contribution >= 4 is 23.0 Å². The minimum atomic E-state index is 0.502. The maximum Gasteiger partial charge on any atom is 0.170 e. The molecule has 1 aromatic rings. The topological polar surface area (TPSA) is 42.5 Å². The quantitative estimate of drug-likeness (QED) is 0.654. The summed E-state index contributed by atoms with van der Waals surface area (Å²) >= 11 is 5.46. The first-order chi connectivity index (χ1) is 11.7. The monoisotopic (exact) mass is 350 g/mol. The maximum atomic E-state index is 5.83. The summed E-state index contributed by atoms with van der Waals surface area (Å²) in [6.45, 7) is 5.56. The third-order valence-electron chi connectivity index (χ3n) is 4.07. The highest BCUT2D eigenvalue weighted by atomic mass is 32.1. The summed E-state index contributed by atoms with van der Waals surface area (Å²) in [5.41, 5.74) is 0.929. The lowest BCUT2D eigenvalue weighted by atomic mass is 9.96. The van der Waals surface area contributed by atoms with Gasteiger partial charge in [0.05, 0.1) is 13.2 Å². The van der Waals surface area contributed by atoms with Crippen molar-refractivity contribution in [2.45, 2.75) is 64.8 Å². The van der Waals surface area contributed by atoms with Crippen LogP contribution in [0.3, 0.4) is 0 Å². The Balaban J connectivity index is 1.96. The molecule has 1 aliphatic rings. The van der Waals surface area contributed by atoms with Gasteiger partial charge in [0.15, 0.2) is 16.6 Å². The Morgan fingerprint density at radius 3 is 2.38 bits per heavy atom. The Bertz CT molecular complexity index is 516. The highest BCUT2D eigenvalue weighted by Crippen LogP contribution is 2.31. The van der Waals surface area contributed by atoms with Crippen molar-refractivity contribution in [1.29, 1.82) is 0 Å². The second-order valence-corrected chi connectivity index (χ2v) is 6.70. The van der Waals surface area contributed by atoms with Gasteiger partial charge in [0, 0.05) is 17.8 Å². The Morgan fingerprint density at radius 2 is 1.71 bits per heavy atom. The first-order valence-electron chi connectivity index (χ1n) is 9.20. The predicted octanol–water partition coefficient (Wildman–Crippen LogP) is 4.88. The average Bonchev–Trinajstić information content (AvgIpc) is 2.60. The molecule has 0 heterocycles. The van der Waals surface area contributed by atoms with E-state index in [9.17, 15) is 0 Å². The van der Waals surface area contributed by atoms with E-state index < -0.39 is 0 Å². The summed E-state index contributed by atoms with van der Waals surface area (Å²) in [6, 6.07) is 6.40. The fourth-order valence-corrected chi connectivity index (χ4v) is 3.13. The van der Waals surface area contributed by atoms with Gasteiger partial charge in [-0.25, -0.2) is 0 Å².